The van der Waals surface area contributed by atoms with Gasteiger partial charge in [0.1, 0.15) is 10.7 Å². The fourth-order valence-corrected chi connectivity index (χ4v) is 2.73. The van der Waals surface area contributed by atoms with Gasteiger partial charge >= 0.3 is 0 Å². The number of aromatic nitrogens is 2. The summed E-state index contributed by atoms with van der Waals surface area (Å²) in [5.41, 5.74) is 1.68. The van der Waals surface area contributed by atoms with E-state index in [1.54, 1.807) is 0 Å². The number of pyridine rings is 1. The quantitative estimate of drug-likeness (QED) is 0.802. The van der Waals surface area contributed by atoms with E-state index in [0.717, 1.165) is 30.0 Å². The summed E-state index contributed by atoms with van der Waals surface area (Å²) >= 11 is 1.35. The molecule has 0 unspecified atom stereocenters. The summed E-state index contributed by atoms with van der Waals surface area (Å²) in [6.07, 6.45) is 2.05. The Kier molecular flexibility index (Phi) is 5.27. The second-order valence-electron chi connectivity index (χ2n) is 4.83. The summed E-state index contributed by atoms with van der Waals surface area (Å²) in [6, 6.07) is 5.75. The van der Waals surface area contributed by atoms with Crippen LogP contribution in [0.3, 0.4) is 0 Å². The average molecular weight is 304 g/mol. The van der Waals surface area contributed by atoms with Gasteiger partial charge in [-0.3, -0.25) is 4.79 Å². The van der Waals surface area contributed by atoms with E-state index < -0.39 is 0 Å². The molecule has 0 saturated carbocycles. The molecule has 1 amide bonds. The molecule has 2 aromatic rings. The Morgan fingerprint density at radius 1 is 1.29 bits per heavy atom. The monoisotopic (exact) mass is 304 g/mol. The zero-order valence-electron chi connectivity index (χ0n) is 12.6. The molecule has 0 aliphatic rings. The zero-order valence-corrected chi connectivity index (χ0v) is 13.4. The largest absolute Gasteiger partial charge is 0.351 e. The van der Waals surface area contributed by atoms with Crippen LogP contribution < -0.4 is 10.6 Å². The Labute approximate surface area is 128 Å². The number of carbonyl (C=O) groups is 1. The standard InChI is InChI=1S/C15H20N4OS/c1-4-5-9-16-14(20)13-11(3)18-15(21-13)19-12-8-6-7-10(2)17-12/h6-8H,4-5,9H2,1-3H3,(H,16,20)(H,17,18,19). The third-order valence-corrected chi connectivity index (χ3v) is 4.01. The lowest BCUT2D eigenvalue weighted by atomic mass is 10.3. The van der Waals surface area contributed by atoms with Crippen LogP contribution in [-0.4, -0.2) is 22.4 Å². The van der Waals surface area contributed by atoms with Crippen LogP contribution in [0, 0.1) is 13.8 Å². The highest BCUT2D eigenvalue weighted by molar-refractivity contribution is 7.17. The second-order valence-corrected chi connectivity index (χ2v) is 5.83. The lowest BCUT2D eigenvalue weighted by Crippen LogP contribution is -2.24. The molecule has 0 radical (unpaired) electrons. The van der Waals surface area contributed by atoms with Crippen molar-refractivity contribution in [3.63, 3.8) is 0 Å². The maximum absolute atomic E-state index is 12.1. The SMILES string of the molecule is CCCCNC(=O)c1sc(Nc2cccc(C)n2)nc1C. The first-order valence-corrected chi connectivity index (χ1v) is 7.88. The zero-order chi connectivity index (χ0) is 15.2. The minimum absolute atomic E-state index is 0.0521. The number of nitrogens with one attached hydrogen (secondary N) is 2. The molecule has 21 heavy (non-hydrogen) atoms. The van der Waals surface area contributed by atoms with Crippen molar-refractivity contribution in [1.82, 2.24) is 15.3 Å². The van der Waals surface area contributed by atoms with Crippen LogP contribution in [0.1, 0.15) is 40.8 Å². The third kappa shape index (κ3) is 4.26. The van der Waals surface area contributed by atoms with Crippen molar-refractivity contribution in [2.24, 2.45) is 0 Å². The average Bonchev–Trinajstić information content (AvgIpc) is 2.80. The van der Waals surface area contributed by atoms with Crippen molar-refractivity contribution in [3.05, 3.63) is 34.5 Å². The van der Waals surface area contributed by atoms with Crippen molar-refractivity contribution in [3.8, 4) is 0 Å². The molecule has 0 bridgehead atoms. The molecule has 2 heterocycles. The Morgan fingerprint density at radius 3 is 2.81 bits per heavy atom. The predicted molar refractivity (Wildman–Crippen MR) is 86.3 cm³/mol. The van der Waals surface area contributed by atoms with Gasteiger partial charge in [-0.05, 0) is 32.4 Å². The minimum atomic E-state index is -0.0521. The van der Waals surface area contributed by atoms with E-state index in [1.807, 2.05) is 32.0 Å². The summed E-state index contributed by atoms with van der Waals surface area (Å²) in [7, 11) is 0. The number of nitrogens with zero attached hydrogens (tertiary/aromatic N) is 2. The fraction of sp³-hybridized carbons (Fsp3) is 0.400. The summed E-state index contributed by atoms with van der Waals surface area (Å²) in [5.74, 6) is 0.686. The molecule has 0 spiro atoms. The molecule has 0 fully saturated rings. The van der Waals surface area contributed by atoms with Gasteiger partial charge in [0.15, 0.2) is 5.13 Å². The highest BCUT2D eigenvalue weighted by Crippen LogP contribution is 2.25. The summed E-state index contributed by atoms with van der Waals surface area (Å²) in [4.78, 5) is 21.5. The molecule has 0 aliphatic heterocycles. The van der Waals surface area contributed by atoms with Gasteiger partial charge in [-0.25, -0.2) is 9.97 Å². The van der Waals surface area contributed by atoms with E-state index in [-0.39, 0.29) is 5.91 Å². The van der Waals surface area contributed by atoms with E-state index in [1.165, 1.54) is 11.3 Å². The Bertz CT molecular complexity index is 624. The van der Waals surface area contributed by atoms with Gasteiger partial charge in [0.25, 0.3) is 5.91 Å². The first kappa shape index (κ1) is 15.4. The van der Waals surface area contributed by atoms with E-state index >= 15 is 0 Å². The number of anilines is 2. The Balaban J connectivity index is 2.06. The van der Waals surface area contributed by atoms with Crippen LogP contribution in [0.25, 0.3) is 0 Å². The smallest absolute Gasteiger partial charge is 0.263 e. The normalized spacial score (nSPS) is 10.4. The van der Waals surface area contributed by atoms with Gasteiger partial charge in [0.05, 0.1) is 5.69 Å². The van der Waals surface area contributed by atoms with E-state index in [9.17, 15) is 4.79 Å². The number of rotatable bonds is 6. The molecular formula is C15H20N4OS. The van der Waals surface area contributed by atoms with Crippen LogP contribution in [0.5, 0.6) is 0 Å². The van der Waals surface area contributed by atoms with Crippen LogP contribution in [0.2, 0.25) is 0 Å². The van der Waals surface area contributed by atoms with Crippen LogP contribution >= 0.6 is 11.3 Å². The maximum Gasteiger partial charge on any atom is 0.263 e. The molecule has 2 rings (SSSR count). The summed E-state index contributed by atoms with van der Waals surface area (Å²) < 4.78 is 0. The number of thiazole rings is 1. The molecule has 6 heteroatoms. The van der Waals surface area contributed by atoms with Crippen molar-refractivity contribution in [2.75, 3.05) is 11.9 Å². The van der Waals surface area contributed by atoms with Gasteiger partial charge in [0.2, 0.25) is 0 Å². The van der Waals surface area contributed by atoms with E-state index in [4.69, 9.17) is 0 Å². The lowest BCUT2D eigenvalue weighted by molar-refractivity contribution is 0.0956. The Hall–Kier alpha value is -1.95. The summed E-state index contributed by atoms with van der Waals surface area (Å²) in [5, 5.41) is 6.75. The third-order valence-electron chi connectivity index (χ3n) is 2.94. The van der Waals surface area contributed by atoms with Gasteiger partial charge in [-0.1, -0.05) is 30.7 Å². The van der Waals surface area contributed by atoms with Crippen LogP contribution in [0.4, 0.5) is 10.9 Å². The first-order chi connectivity index (χ1) is 10.1. The number of hydrogen-bond donors (Lipinski definition) is 2. The molecule has 112 valence electrons. The van der Waals surface area contributed by atoms with Crippen molar-refractivity contribution in [2.45, 2.75) is 33.6 Å². The maximum atomic E-state index is 12.1. The van der Waals surface area contributed by atoms with Gasteiger partial charge in [0, 0.05) is 12.2 Å². The first-order valence-electron chi connectivity index (χ1n) is 7.06. The van der Waals surface area contributed by atoms with Crippen LogP contribution in [0.15, 0.2) is 18.2 Å². The van der Waals surface area contributed by atoms with Gasteiger partial charge < -0.3 is 10.6 Å². The van der Waals surface area contributed by atoms with Crippen LogP contribution in [-0.2, 0) is 0 Å². The molecule has 0 aliphatic carbocycles. The highest BCUT2D eigenvalue weighted by Gasteiger charge is 2.15. The van der Waals surface area contributed by atoms with Gasteiger partial charge in [-0.15, -0.1) is 0 Å². The second kappa shape index (κ2) is 7.17. The topological polar surface area (TPSA) is 66.9 Å². The Morgan fingerprint density at radius 2 is 2.10 bits per heavy atom. The van der Waals surface area contributed by atoms with Crippen molar-refractivity contribution < 1.29 is 4.79 Å². The number of amides is 1. The van der Waals surface area contributed by atoms with E-state index in [0.29, 0.717) is 16.6 Å². The fourth-order valence-electron chi connectivity index (χ4n) is 1.84. The molecular weight excluding hydrogens is 284 g/mol. The molecule has 2 aromatic heterocycles. The number of hydrogen-bond acceptors (Lipinski definition) is 5. The van der Waals surface area contributed by atoms with E-state index in [2.05, 4.69) is 27.5 Å². The number of carbonyl (C=O) groups excluding carboxylic acids is 1. The van der Waals surface area contributed by atoms with Crippen molar-refractivity contribution >= 4 is 28.2 Å². The highest BCUT2D eigenvalue weighted by atomic mass is 32.1. The minimum Gasteiger partial charge on any atom is -0.351 e. The molecule has 0 atom stereocenters. The number of unbranched alkanes of at least 4 members (excludes halogenated alkanes) is 1. The lowest BCUT2D eigenvalue weighted by Gasteiger charge is -2.02. The number of aryl methyl sites for hydroxylation is 2. The molecule has 0 saturated heterocycles. The summed E-state index contributed by atoms with van der Waals surface area (Å²) in [6.45, 7) is 6.58. The van der Waals surface area contributed by atoms with Gasteiger partial charge in [-0.2, -0.15) is 0 Å². The molecule has 0 aromatic carbocycles. The molecule has 2 N–H and O–H groups in total. The predicted octanol–water partition coefficient (Wildman–Crippen LogP) is 3.43. The van der Waals surface area contributed by atoms with Crippen molar-refractivity contribution in [1.29, 1.82) is 0 Å². The molecule has 5 nitrogen and oxygen atoms in total.